The van der Waals surface area contributed by atoms with E-state index in [0.717, 1.165) is 11.1 Å². The van der Waals surface area contributed by atoms with Crippen molar-refractivity contribution in [1.82, 2.24) is 4.72 Å². The summed E-state index contributed by atoms with van der Waals surface area (Å²) in [7, 11) is -3.92. The number of hydrogen-bond donors (Lipinski definition) is 2. The van der Waals surface area contributed by atoms with E-state index in [-0.39, 0.29) is 11.3 Å². The van der Waals surface area contributed by atoms with Crippen LogP contribution in [0.5, 0.6) is 5.75 Å². The van der Waals surface area contributed by atoms with E-state index in [1.54, 1.807) is 18.2 Å². The van der Waals surface area contributed by atoms with Gasteiger partial charge >= 0.3 is 0 Å². The summed E-state index contributed by atoms with van der Waals surface area (Å²) < 4.78 is 33.9. The number of nitrogens with one attached hydrogen (secondary N) is 2. The number of hydrogen-bond acceptors (Lipinski definition) is 4. The summed E-state index contributed by atoms with van der Waals surface area (Å²) in [6.07, 6.45) is 0.217. The van der Waals surface area contributed by atoms with Crippen LogP contribution in [0.4, 0.5) is 5.69 Å². The molecular formula is C24H26N2O4S. The largest absolute Gasteiger partial charge is 0.494 e. The highest BCUT2D eigenvalue weighted by molar-refractivity contribution is 7.89. The van der Waals surface area contributed by atoms with Crippen molar-refractivity contribution in [3.05, 3.63) is 90.0 Å². The Labute approximate surface area is 183 Å². The fourth-order valence-electron chi connectivity index (χ4n) is 3.13. The summed E-state index contributed by atoms with van der Waals surface area (Å²) in [4.78, 5) is 13.1. The lowest BCUT2D eigenvalue weighted by Crippen LogP contribution is -2.45. The average molecular weight is 439 g/mol. The SMILES string of the molecule is CCOc1ccc(S(=O)(=O)N[C@H](Cc2ccccc2)C(=O)Nc2cccc(C)c2)cc1. The molecule has 0 saturated carbocycles. The molecule has 31 heavy (non-hydrogen) atoms. The number of aryl methyl sites for hydroxylation is 1. The van der Waals surface area contributed by atoms with Gasteiger partial charge in [0.05, 0.1) is 11.5 Å². The summed E-state index contributed by atoms with van der Waals surface area (Å²) in [6.45, 7) is 4.27. The molecule has 3 rings (SSSR count). The first-order valence-corrected chi connectivity index (χ1v) is 11.5. The van der Waals surface area contributed by atoms with E-state index in [0.29, 0.717) is 18.0 Å². The molecule has 0 aliphatic carbocycles. The maximum absolute atomic E-state index is 13.0. The molecule has 0 radical (unpaired) electrons. The van der Waals surface area contributed by atoms with Gasteiger partial charge in [0.25, 0.3) is 0 Å². The van der Waals surface area contributed by atoms with Crippen molar-refractivity contribution >= 4 is 21.6 Å². The predicted molar refractivity (Wildman–Crippen MR) is 122 cm³/mol. The minimum absolute atomic E-state index is 0.0670. The number of sulfonamides is 1. The molecule has 3 aromatic rings. The Kier molecular flexibility index (Phi) is 7.44. The minimum Gasteiger partial charge on any atom is -0.494 e. The first-order chi connectivity index (χ1) is 14.9. The van der Waals surface area contributed by atoms with Crippen LogP contribution in [0.2, 0.25) is 0 Å². The number of carbonyl (C=O) groups is 1. The van der Waals surface area contributed by atoms with Crippen molar-refractivity contribution < 1.29 is 17.9 Å². The molecule has 2 N–H and O–H groups in total. The molecule has 3 aromatic carbocycles. The Morgan fingerprint density at radius 1 is 0.968 bits per heavy atom. The smallest absolute Gasteiger partial charge is 0.242 e. The first-order valence-electron chi connectivity index (χ1n) is 10.0. The second-order valence-electron chi connectivity index (χ2n) is 7.13. The van der Waals surface area contributed by atoms with Gasteiger partial charge in [-0.25, -0.2) is 8.42 Å². The summed E-state index contributed by atoms with van der Waals surface area (Å²) in [5, 5.41) is 2.82. The highest BCUT2D eigenvalue weighted by atomic mass is 32.2. The van der Waals surface area contributed by atoms with Crippen LogP contribution >= 0.6 is 0 Å². The monoisotopic (exact) mass is 438 g/mol. The minimum atomic E-state index is -3.92. The highest BCUT2D eigenvalue weighted by Gasteiger charge is 2.26. The fourth-order valence-corrected chi connectivity index (χ4v) is 4.32. The Hall–Kier alpha value is -3.16. The van der Waals surface area contributed by atoms with Crippen molar-refractivity contribution in [3.8, 4) is 5.75 Å². The second kappa shape index (κ2) is 10.2. The Morgan fingerprint density at radius 3 is 2.32 bits per heavy atom. The van der Waals surface area contributed by atoms with Crippen molar-refractivity contribution in [3.63, 3.8) is 0 Å². The van der Waals surface area contributed by atoms with E-state index >= 15 is 0 Å². The summed E-state index contributed by atoms with van der Waals surface area (Å²) >= 11 is 0. The van der Waals surface area contributed by atoms with E-state index in [9.17, 15) is 13.2 Å². The molecule has 7 heteroatoms. The summed E-state index contributed by atoms with van der Waals surface area (Å²) in [5.41, 5.74) is 2.46. The van der Waals surface area contributed by atoms with Gasteiger partial charge in [-0.3, -0.25) is 4.79 Å². The lowest BCUT2D eigenvalue weighted by Gasteiger charge is -2.19. The van der Waals surface area contributed by atoms with Crippen LogP contribution in [0, 0.1) is 6.92 Å². The molecule has 0 heterocycles. The molecule has 0 spiro atoms. The highest BCUT2D eigenvalue weighted by Crippen LogP contribution is 2.18. The van der Waals surface area contributed by atoms with Crippen molar-refractivity contribution in [2.75, 3.05) is 11.9 Å². The molecule has 0 bridgehead atoms. The van der Waals surface area contributed by atoms with Crippen molar-refractivity contribution in [2.45, 2.75) is 31.2 Å². The van der Waals surface area contributed by atoms with Crippen LogP contribution in [0.25, 0.3) is 0 Å². The van der Waals surface area contributed by atoms with Crippen LogP contribution in [0.15, 0.2) is 83.8 Å². The molecule has 0 aliphatic rings. The van der Waals surface area contributed by atoms with Crippen LogP contribution in [0.1, 0.15) is 18.1 Å². The number of amides is 1. The molecular weight excluding hydrogens is 412 g/mol. The summed E-state index contributed by atoms with van der Waals surface area (Å²) in [6, 6.07) is 21.8. The second-order valence-corrected chi connectivity index (χ2v) is 8.84. The average Bonchev–Trinajstić information content (AvgIpc) is 2.74. The lowest BCUT2D eigenvalue weighted by molar-refractivity contribution is -0.117. The fraction of sp³-hybridized carbons (Fsp3) is 0.208. The standard InChI is InChI=1S/C24H26N2O4S/c1-3-30-21-12-14-22(15-13-21)31(28,29)26-23(17-19-9-5-4-6-10-19)24(27)25-20-11-7-8-18(2)16-20/h4-16,23,26H,3,17H2,1-2H3,(H,25,27)/t23-/m1/s1. The van der Waals surface area contributed by atoms with Gasteiger partial charge < -0.3 is 10.1 Å². The van der Waals surface area contributed by atoms with Gasteiger partial charge in [-0.05, 0) is 67.8 Å². The van der Waals surface area contributed by atoms with E-state index < -0.39 is 22.0 Å². The topological polar surface area (TPSA) is 84.5 Å². The van der Waals surface area contributed by atoms with E-state index in [4.69, 9.17) is 4.74 Å². The maximum Gasteiger partial charge on any atom is 0.242 e. The quantitative estimate of drug-likeness (QED) is 0.530. The molecule has 0 saturated heterocycles. The van der Waals surface area contributed by atoms with Gasteiger partial charge in [-0.2, -0.15) is 4.72 Å². The van der Waals surface area contributed by atoms with Crippen LogP contribution in [-0.2, 0) is 21.2 Å². The van der Waals surface area contributed by atoms with E-state index in [2.05, 4.69) is 10.0 Å². The van der Waals surface area contributed by atoms with Gasteiger partial charge in [0.2, 0.25) is 15.9 Å². The zero-order valence-electron chi connectivity index (χ0n) is 17.5. The molecule has 0 aromatic heterocycles. The number of carbonyl (C=O) groups excluding carboxylic acids is 1. The van der Waals surface area contributed by atoms with Crippen molar-refractivity contribution in [2.24, 2.45) is 0 Å². The van der Waals surface area contributed by atoms with E-state index in [1.165, 1.54) is 12.1 Å². The summed E-state index contributed by atoms with van der Waals surface area (Å²) in [5.74, 6) is 0.156. The molecule has 6 nitrogen and oxygen atoms in total. The van der Waals surface area contributed by atoms with Crippen LogP contribution < -0.4 is 14.8 Å². The number of anilines is 1. The molecule has 0 aliphatic heterocycles. The molecule has 0 fully saturated rings. The predicted octanol–water partition coefficient (Wildman–Crippen LogP) is 3.92. The lowest BCUT2D eigenvalue weighted by atomic mass is 10.1. The van der Waals surface area contributed by atoms with Gasteiger partial charge in [0.15, 0.2) is 0 Å². The third-order valence-corrected chi connectivity index (χ3v) is 6.11. The van der Waals surface area contributed by atoms with Crippen molar-refractivity contribution in [1.29, 1.82) is 0 Å². The van der Waals surface area contributed by atoms with Gasteiger partial charge in [-0.15, -0.1) is 0 Å². The number of rotatable bonds is 9. The Morgan fingerprint density at radius 2 is 1.68 bits per heavy atom. The first kappa shape index (κ1) is 22.5. The van der Waals surface area contributed by atoms with E-state index in [1.807, 2.05) is 62.4 Å². The molecule has 1 amide bonds. The normalized spacial score (nSPS) is 12.2. The molecule has 0 unspecified atom stereocenters. The van der Waals surface area contributed by atoms with Crippen LogP contribution in [-0.4, -0.2) is 27.0 Å². The zero-order valence-corrected chi connectivity index (χ0v) is 18.4. The maximum atomic E-state index is 13.0. The van der Waals surface area contributed by atoms with Crippen LogP contribution in [0.3, 0.4) is 0 Å². The van der Waals surface area contributed by atoms with Gasteiger partial charge in [-0.1, -0.05) is 42.5 Å². The zero-order chi connectivity index (χ0) is 22.3. The third kappa shape index (κ3) is 6.41. The molecule has 1 atom stereocenters. The van der Waals surface area contributed by atoms with Gasteiger partial charge in [0, 0.05) is 5.69 Å². The number of ether oxygens (including phenoxy) is 1. The Bertz CT molecular complexity index is 1110. The van der Waals surface area contributed by atoms with Gasteiger partial charge in [0.1, 0.15) is 11.8 Å². The Balaban J connectivity index is 1.83. The number of benzene rings is 3. The third-order valence-electron chi connectivity index (χ3n) is 4.63. The molecule has 162 valence electrons.